The summed E-state index contributed by atoms with van der Waals surface area (Å²) >= 11 is 0. The summed E-state index contributed by atoms with van der Waals surface area (Å²) in [5.41, 5.74) is 9.34. The summed E-state index contributed by atoms with van der Waals surface area (Å²) in [6, 6.07) is 6.10. The Bertz CT molecular complexity index is 502. The SMILES string of the molecule is CCC1(C(C)C)COCc2ccc(N)c(C#N)c21. The third-order valence-corrected chi connectivity index (χ3v) is 4.29. The van der Waals surface area contributed by atoms with Gasteiger partial charge in [0.05, 0.1) is 18.8 Å². The molecule has 0 aliphatic carbocycles. The second-order valence-electron chi connectivity index (χ2n) is 5.33. The van der Waals surface area contributed by atoms with Gasteiger partial charge in [0, 0.05) is 11.1 Å². The Labute approximate surface area is 109 Å². The fraction of sp³-hybridized carbons (Fsp3) is 0.533. The molecule has 0 aromatic heterocycles. The van der Waals surface area contributed by atoms with Crippen molar-refractivity contribution in [1.82, 2.24) is 0 Å². The first-order valence-electron chi connectivity index (χ1n) is 6.46. The van der Waals surface area contributed by atoms with Crippen molar-refractivity contribution >= 4 is 5.69 Å². The highest BCUT2D eigenvalue weighted by Crippen LogP contribution is 2.44. The fourth-order valence-corrected chi connectivity index (χ4v) is 3.03. The van der Waals surface area contributed by atoms with Gasteiger partial charge < -0.3 is 10.5 Å². The van der Waals surface area contributed by atoms with Crippen molar-refractivity contribution in [3.8, 4) is 6.07 Å². The normalized spacial score (nSPS) is 22.6. The van der Waals surface area contributed by atoms with Crippen LogP contribution in [0.1, 0.15) is 43.9 Å². The number of nitrogens with two attached hydrogens (primary N) is 1. The van der Waals surface area contributed by atoms with Crippen molar-refractivity contribution in [3.63, 3.8) is 0 Å². The van der Waals surface area contributed by atoms with E-state index >= 15 is 0 Å². The number of rotatable bonds is 2. The van der Waals surface area contributed by atoms with Gasteiger partial charge in [-0.2, -0.15) is 5.26 Å². The van der Waals surface area contributed by atoms with Crippen LogP contribution in [0.5, 0.6) is 0 Å². The van der Waals surface area contributed by atoms with Gasteiger partial charge in [-0.15, -0.1) is 0 Å². The lowest BCUT2D eigenvalue weighted by Gasteiger charge is -2.42. The van der Waals surface area contributed by atoms with E-state index in [2.05, 4.69) is 26.8 Å². The average Bonchev–Trinajstić information content (AvgIpc) is 2.37. The number of anilines is 1. The number of nitrogens with zero attached hydrogens (tertiary/aromatic N) is 1. The van der Waals surface area contributed by atoms with E-state index in [0.29, 0.717) is 30.4 Å². The minimum absolute atomic E-state index is 0.0893. The van der Waals surface area contributed by atoms with Crippen LogP contribution < -0.4 is 5.73 Å². The van der Waals surface area contributed by atoms with Crippen molar-refractivity contribution < 1.29 is 4.74 Å². The van der Waals surface area contributed by atoms with Crippen LogP contribution in [-0.2, 0) is 16.8 Å². The largest absolute Gasteiger partial charge is 0.398 e. The first-order chi connectivity index (χ1) is 8.56. The minimum atomic E-state index is -0.0893. The van der Waals surface area contributed by atoms with Gasteiger partial charge in [-0.25, -0.2) is 0 Å². The predicted molar refractivity (Wildman–Crippen MR) is 72.0 cm³/mol. The maximum absolute atomic E-state index is 9.41. The minimum Gasteiger partial charge on any atom is -0.398 e. The fourth-order valence-electron chi connectivity index (χ4n) is 3.03. The molecule has 0 amide bonds. The van der Waals surface area contributed by atoms with Crippen LogP contribution >= 0.6 is 0 Å². The summed E-state index contributed by atoms with van der Waals surface area (Å²) in [7, 11) is 0. The molecule has 1 atom stereocenters. The molecule has 1 aliphatic rings. The smallest absolute Gasteiger partial charge is 0.102 e. The van der Waals surface area contributed by atoms with Gasteiger partial charge in [0.25, 0.3) is 0 Å². The summed E-state index contributed by atoms with van der Waals surface area (Å²) in [5, 5.41) is 9.41. The van der Waals surface area contributed by atoms with E-state index in [0.717, 1.165) is 17.5 Å². The maximum Gasteiger partial charge on any atom is 0.102 e. The topological polar surface area (TPSA) is 59.0 Å². The lowest BCUT2D eigenvalue weighted by molar-refractivity contribution is 0.0287. The molecule has 96 valence electrons. The Morgan fingerprint density at radius 3 is 2.78 bits per heavy atom. The van der Waals surface area contributed by atoms with E-state index in [-0.39, 0.29) is 5.41 Å². The number of fused-ring (bicyclic) bond motifs is 1. The maximum atomic E-state index is 9.41. The molecule has 3 nitrogen and oxygen atoms in total. The standard InChI is InChI=1S/C15H20N2O/c1-4-15(10(2)3)9-18-8-11-5-6-13(17)12(7-16)14(11)15/h5-6,10H,4,8-9,17H2,1-3H3. The van der Waals surface area contributed by atoms with E-state index < -0.39 is 0 Å². The molecule has 1 aromatic rings. The van der Waals surface area contributed by atoms with E-state index in [1.807, 2.05) is 12.1 Å². The van der Waals surface area contributed by atoms with Gasteiger partial charge in [-0.05, 0) is 29.5 Å². The van der Waals surface area contributed by atoms with Crippen molar-refractivity contribution in [3.05, 3.63) is 28.8 Å². The molecule has 1 aromatic carbocycles. The zero-order chi connectivity index (χ0) is 13.3. The Morgan fingerprint density at radius 1 is 1.50 bits per heavy atom. The number of nitrogen functional groups attached to an aromatic ring is 1. The molecule has 18 heavy (non-hydrogen) atoms. The summed E-state index contributed by atoms with van der Waals surface area (Å²) in [6.07, 6.45) is 0.954. The molecule has 0 bridgehead atoms. The van der Waals surface area contributed by atoms with E-state index in [9.17, 15) is 5.26 Å². The molecule has 0 fully saturated rings. The molecule has 0 saturated heterocycles. The van der Waals surface area contributed by atoms with Gasteiger partial charge in [0.15, 0.2) is 0 Å². The molecular weight excluding hydrogens is 224 g/mol. The molecule has 3 heteroatoms. The summed E-state index contributed by atoms with van der Waals surface area (Å²) in [5.74, 6) is 0.412. The zero-order valence-electron chi connectivity index (χ0n) is 11.3. The lowest BCUT2D eigenvalue weighted by Crippen LogP contribution is -2.41. The molecule has 0 spiro atoms. The molecule has 2 rings (SSSR count). The van der Waals surface area contributed by atoms with E-state index in [1.165, 1.54) is 0 Å². The van der Waals surface area contributed by atoms with E-state index in [4.69, 9.17) is 10.5 Å². The molecule has 0 saturated carbocycles. The van der Waals surface area contributed by atoms with Gasteiger partial charge in [-0.3, -0.25) is 0 Å². The number of ether oxygens (including phenoxy) is 1. The Hall–Kier alpha value is -1.53. The molecule has 1 unspecified atom stereocenters. The zero-order valence-corrected chi connectivity index (χ0v) is 11.3. The Balaban J connectivity index is 2.75. The van der Waals surface area contributed by atoms with Crippen LogP contribution in [0, 0.1) is 17.2 Å². The van der Waals surface area contributed by atoms with Crippen LogP contribution in [0.25, 0.3) is 0 Å². The highest BCUT2D eigenvalue weighted by atomic mass is 16.5. The summed E-state index contributed by atoms with van der Waals surface area (Å²) in [6.45, 7) is 7.78. The van der Waals surface area contributed by atoms with Gasteiger partial charge in [-0.1, -0.05) is 26.8 Å². The van der Waals surface area contributed by atoms with Crippen LogP contribution in [0.2, 0.25) is 0 Å². The van der Waals surface area contributed by atoms with Gasteiger partial charge in [0.1, 0.15) is 6.07 Å². The van der Waals surface area contributed by atoms with Crippen LogP contribution in [0.15, 0.2) is 12.1 Å². The first kappa shape index (κ1) is 12.9. The third-order valence-electron chi connectivity index (χ3n) is 4.29. The molecule has 2 N–H and O–H groups in total. The monoisotopic (exact) mass is 244 g/mol. The highest BCUT2D eigenvalue weighted by Gasteiger charge is 2.41. The number of benzene rings is 1. The van der Waals surface area contributed by atoms with E-state index in [1.54, 1.807) is 0 Å². The molecule has 1 heterocycles. The van der Waals surface area contributed by atoms with Crippen molar-refractivity contribution in [2.75, 3.05) is 12.3 Å². The average molecular weight is 244 g/mol. The Morgan fingerprint density at radius 2 is 2.22 bits per heavy atom. The highest BCUT2D eigenvalue weighted by molar-refractivity contribution is 5.63. The first-order valence-corrected chi connectivity index (χ1v) is 6.46. The van der Waals surface area contributed by atoms with Crippen molar-refractivity contribution in [1.29, 1.82) is 5.26 Å². The number of hydrogen-bond donors (Lipinski definition) is 1. The van der Waals surface area contributed by atoms with Crippen molar-refractivity contribution in [2.24, 2.45) is 5.92 Å². The third kappa shape index (κ3) is 1.69. The quantitative estimate of drug-likeness (QED) is 0.814. The lowest BCUT2D eigenvalue weighted by atomic mass is 9.66. The molecular formula is C15H20N2O. The molecule has 1 aliphatic heterocycles. The summed E-state index contributed by atoms with van der Waals surface area (Å²) < 4.78 is 5.75. The van der Waals surface area contributed by atoms with Crippen LogP contribution in [-0.4, -0.2) is 6.61 Å². The second-order valence-corrected chi connectivity index (χ2v) is 5.33. The van der Waals surface area contributed by atoms with Crippen LogP contribution in [0.4, 0.5) is 5.69 Å². The number of nitriles is 1. The second kappa shape index (κ2) is 4.62. The Kier molecular flexibility index (Phi) is 3.32. The van der Waals surface area contributed by atoms with Crippen LogP contribution in [0.3, 0.4) is 0 Å². The van der Waals surface area contributed by atoms with Crippen molar-refractivity contribution in [2.45, 2.75) is 39.2 Å². The number of hydrogen-bond acceptors (Lipinski definition) is 3. The van der Waals surface area contributed by atoms with Gasteiger partial charge >= 0.3 is 0 Å². The summed E-state index contributed by atoms with van der Waals surface area (Å²) in [4.78, 5) is 0. The molecule has 0 radical (unpaired) electrons. The predicted octanol–water partition coefficient (Wildman–Crippen LogP) is 2.97. The van der Waals surface area contributed by atoms with Gasteiger partial charge in [0.2, 0.25) is 0 Å².